The van der Waals surface area contributed by atoms with Gasteiger partial charge in [0.1, 0.15) is 5.75 Å². The van der Waals surface area contributed by atoms with Gasteiger partial charge in [0.15, 0.2) is 0 Å². The summed E-state index contributed by atoms with van der Waals surface area (Å²) in [6.07, 6.45) is 1.83. The number of nitrogens with zero attached hydrogens (tertiary/aromatic N) is 1. The monoisotopic (exact) mass is 425 g/mol. The van der Waals surface area contributed by atoms with Gasteiger partial charge in [0.2, 0.25) is 5.91 Å². The van der Waals surface area contributed by atoms with Crippen molar-refractivity contribution in [2.45, 2.75) is 40.5 Å². The standard InChI is InChI=1S/C25H35N3O3/c1-5-14-28(15-6-2)25(30)20-8-7-9-22(16-20)27-24(29)17-26-21-10-12-23(13-11-21)31-18-19(3)4/h7-13,16,19,26H,5-6,14-15,17-18H2,1-4H3,(H,27,29). The molecule has 0 spiro atoms. The van der Waals surface area contributed by atoms with Crippen molar-refractivity contribution >= 4 is 23.2 Å². The van der Waals surface area contributed by atoms with Crippen LogP contribution in [0.5, 0.6) is 5.75 Å². The SMILES string of the molecule is CCCN(CCC)C(=O)c1cccc(NC(=O)CNc2ccc(OCC(C)C)cc2)c1. The largest absolute Gasteiger partial charge is 0.493 e. The van der Waals surface area contributed by atoms with Crippen LogP contribution in [-0.4, -0.2) is 43.0 Å². The number of anilines is 2. The molecule has 0 aliphatic carbocycles. The molecule has 0 aliphatic rings. The van der Waals surface area contributed by atoms with Gasteiger partial charge in [-0.05, 0) is 61.2 Å². The first-order valence-electron chi connectivity index (χ1n) is 11.1. The smallest absolute Gasteiger partial charge is 0.253 e. The summed E-state index contributed by atoms with van der Waals surface area (Å²) >= 11 is 0. The number of hydrogen-bond donors (Lipinski definition) is 2. The molecule has 2 aromatic rings. The molecule has 0 atom stereocenters. The van der Waals surface area contributed by atoms with Crippen molar-refractivity contribution in [2.75, 3.05) is 36.9 Å². The number of benzene rings is 2. The fourth-order valence-electron chi connectivity index (χ4n) is 3.09. The van der Waals surface area contributed by atoms with E-state index in [2.05, 4.69) is 38.3 Å². The highest BCUT2D eigenvalue weighted by Crippen LogP contribution is 2.17. The summed E-state index contributed by atoms with van der Waals surface area (Å²) in [4.78, 5) is 27.0. The maximum absolute atomic E-state index is 12.8. The van der Waals surface area contributed by atoms with Crippen molar-refractivity contribution in [2.24, 2.45) is 5.92 Å². The maximum Gasteiger partial charge on any atom is 0.253 e. The van der Waals surface area contributed by atoms with E-state index < -0.39 is 0 Å². The van der Waals surface area contributed by atoms with Crippen LogP contribution in [0.3, 0.4) is 0 Å². The fourth-order valence-corrected chi connectivity index (χ4v) is 3.09. The Hall–Kier alpha value is -3.02. The molecule has 0 saturated carbocycles. The third-order valence-electron chi connectivity index (χ3n) is 4.56. The molecule has 0 bridgehead atoms. The summed E-state index contributed by atoms with van der Waals surface area (Å²) in [7, 11) is 0. The molecule has 0 aromatic heterocycles. The van der Waals surface area contributed by atoms with E-state index in [0.717, 1.165) is 37.4 Å². The van der Waals surface area contributed by atoms with Crippen LogP contribution in [0, 0.1) is 5.92 Å². The number of carbonyl (C=O) groups excluding carboxylic acids is 2. The lowest BCUT2D eigenvalue weighted by atomic mass is 10.1. The average Bonchev–Trinajstić information content (AvgIpc) is 2.76. The first-order chi connectivity index (χ1) is 14.9. The predicted molar refractivity (Wildman–Crippen MR) is 127 cm³/mol. The van der Waals surface area contributed by atoms with Gasteiger partial charge in [-0.15, -0.1) is 0 Å². The molecule has 6 nitrogen and oxygen atoms in total. The number of hydrogen-bond acceptors (Lipinski definition) is 4. The molecule has 2 rings (SSSR count). The predicted octanol–water partition coefficient (Wildman–Crippen LogP) is 5.03. The van der Waals surface area contributed by atoms with Crippen LogP contribution in [0.15, 0.2) is 48.5 Å². The van der Waals surface area contributed by atoms with E-state index >= 15 is 0 Å². The van der Waals surface area contributed by atoms with Gasteiger partial charge in [-0.1, -0.05) is 33.8 Å². The third kappa shape index (κ3) is 8.32. The van der Waals surface area contributed by atoms with Crippen LogP contribution >= 0.6 is 0 Å². The number of amides is 2. The Kier molecular flexibility index (Phi) is 9.88. The first-order valence-corrected chi connectivity index (χ1v) is 11.1. The quantitative estimate of drug-likeness (QED) is 0.500. The zero-order valence-corrected chi connectivity index (χ0v) is 19.1. The van der Waals surface area contributed by atoms with Gasteiger partial charge in [0, 0.05) is 30.0 Å². The molecule has 0 heterocycles. The minimum atomic E-state index is -0.177. The lowest BCUT2D eigenvalue weighted by molar-refractivity contribution is -0.114. The fraction of sp³-hybridized carbons (Fsp3) is 0.440. The molecule has 0 fully saturated rings. The Morgan fingerprint density at radius 3 is 2.26 bits per heavy atom. The molecular weight excluding hydrogens is 390 g/mol. The summed E-state index contributed by atoms with van der Waals surface area (Å²) in [5.74, 6) is 1.10. The zero-order chi connectivity index (χ0) is 22.6. The second kappa shape index (κ2) is 12.6. The second-order valence-electron chi connectivity index (χ2n) is 8.00. The molecule has 0 saturated heterocycles. The molecule has 0 unspecified atom stereocenters. The molecule has 2 amide bonds. The van der Waals surface area contributed by atoms with Crippen LogP contribution < -0.4 is 15.4 Å². The van der Waals surface area contributed by atoms with Gasteiger partial charge in [0.25, 0.3) is 5.91 Å². The second-order valence-corrected chi connectivity index (χ2v) is 8.00. The minimum absolute atomic E-state index is 0.00213. The molecule has 0 radical (unpaired) electrons. The van der Waals surface area contributed by atoms with E-state index in [1.165, 1.54) is 0 Å². The Morgan fingerprint density at radius 2 is 1.65 bits per heavy atom. The summed E-state index contributed by atoms with van der Waals surface area (Å²) in [6, 6.07) is 14.7. The lowest BCUT2D eigenvalue weighted by Crippen LogP contribution is -2.32. The normalized spacial score (nSPS) is 10.6. The number of ether oxygens (including phenoxy) is 1. The molecule has 2 N–H and O–H groups in total. The number of nitrogens with one attached hydrogen (secondary N) is 2. The van der Waals surface area contributed by atoms with E-state index in [-0.39, 0.29) is 18.4 Å². The van der Waals surface area contributed by atoms with E-state index in [9.17, 15) is 9.59 Å². The Balaban J connectivity index is 1.89. The van der Waals surface area contributed by atoms with Gasteiger partial charge in [0.05, 0.1) is 13.2 Å². The summed E-state index contributed by atoms with van der Waals surface area (Å²) in [5.41, 5.74) is 2.04. The molecular formula is C25H35N3O3. The van der Waals surface area contributed by atoms with Crippen molar-refractivity contribution in [3.8, 4) is 5.75 Å². The minimum Gasteiger partial charge on any atom is -0.493 e. The van der Waals surface area contributed by atoms with Crippen molar-refractivity contribution < 1.29 is 14.3 Å². The van der Waals surface area contributed by atoms with Crippen molar-refractivity contribution in [1.29, 1.82) is 0 Å². The lowest BCUT2D eigenvalue weighted by Gasteiger charge is -2.21. The van der Waals surface area contributed by atoms with Crippen LogP contribution in [0.25, 0.3) is 0 Å². The van der Waals surface area contributed by atoms with Crippen molar-refractivity contribution in [3.63, 3.8) is 0 Å². The van der Waals surface area contributed by atoms with Crippen LogP contribution in [0.4, 0.5) is 11.4 Å². The van der Waals surface area contributed by atoms with Crippen molar-refractivity contribution in [1.82, 2.24) is 4.90 Å². The topological polar surface area (TPSA) is 70.7 Å². The number of rotatable bonds is 12. The van der Waals surface area contributed by atoms with Gasteiger partial charge < -0.3 is 20.3 Å². The van der Waals surface area contributed by atoms with E-state index in [4.69, 9.17) is 4.74 Å². The summed E-state index contributed by atoms with van der Waals surface area (Å²) in [6.45, 7) is 10.6. The van der Waals surface area contributed by atoms with Crippen LogP contribution in [-0.2, 0) is 4.79 Å². The average molecular weight is 426 g/mol. The highest BCUT2D eigenvalue weighted by Gasteiger charge is 2.15. The first kappa shape index (κ1) is 24.3. The highest BCUT2D eigenvalue weighted by molar-refractivity contribution is 5.98. The van der Waals surface area contributed by atoms with Gasteiger partial charge in [-0.2, -0.15) is 0 Å². The Bertz CT molecular complexity index is 828. The van der Waals surface area contributed by atoms with Crippen LogP contribution in [0.1, 0.15) is 50.9 Å². The van der Waals surface area contributed by atoms with E-state index in [1.807, 2.05) is 29.2 Å². The van der Waals surface area contributed by atoms with E-state index in [1.54, 1.807) is 24.3 Å². The van der Waals surface area contributed by atoms with Crippen molar-refractivity contribution in [3.05, 3.63) is 54.1 Å². The zero-order valence-electron chi connectivity index (χ0n) is 19.1. The maximum atomic E-state index is 12.8. The Labute approximate surface area is 186 Å². The highest BCUT2D eigenvalue weighted by atomic mass is 16.5. The number of carbonyl (C=O) groups is 2. The molecule has 31 heavy (non-hydrogen) atoms. The van der Waals surface area contributed by atoms with Gasteiger partial charge in [-0.25, -0.2) is 0 Å². The Morgan fingerprint density at radius 1 is 0.968 bits per heavy atom. The molecule has 2 aromatic carbocycles. The van der Waals surface area contributed by atoms with Gasteiger partial charge in [-0.3, -0.25) is 9.59 Å². The molecule has 6 heteroatoms. The van der Waals surface area contributed by atoms with E-state index in [0.29, 0.717) is 23.8 Å². The van der Waals surface area contributed by atoms with Gasteiger partial charge >= 0.3 is 0 Å². The molecule has 0 aliphatic heterocycles. The third-order valence-corrected chi connectivity index (χ3v) is 4.56. The summed E-state index contributed by atoms with van der Waals surface area (Å²) < 4.78 is 5.67. The summed E-state index contributed by atoms with van der Waals surface area (Å²) in [5, 5.41) is 5.96. The molecule has 168 valence electrons. The van der Waals surface area contributed by atoms with Crippen LogP contribution in [0.2, 0.25) is 0 Å².